The molecule has 1 aliphatic heterocycles. The number of hydrogen-bond acceptors (Lipinski definition) is 12. The summed E-state index contributed by atoms with van der Waals surface area (Å²) in [4.78, 5) is 55.7. The number of carbonyl (C=O) groups is 4. The molecule has 12 nitrogen and oxygen atoms in total. The first-order valence-electron chi connectivity index (χ1n) is 11.0. The summed E-state index contributed by atoms with van der Waals surface area (Å²) >= 11 is 0. The van der Waals surface area contributed by atoms with E-state index in [4.69, 9.17) is 28.4 Å². The van der Waals surface area contributed by atoms with Gasteiger partial charge in [-0.3, -0.25) is 29.1 Å². The summed E-state index contributed by atoms with van der Waals surface area (Å²) in [5, 5.41) is 0. The van der Waals surface area contributed by atoms with Crippen LogP contribution in [0.25, 0.3) is 11.4 Å². The molecule has 0 unspecified atom stereocenters. The zero-order valence-corrected chi connectivity index (χ0v) is 20.1. The van der Waals surface area contributed by atoms with E-state index in [1.54, 1.807) is 36.5 Å². The molecule has 1 aliphatic rings. The monoisotopic (exact) mass is 502 g/mol. The van der Waals surface area contributed by atoms with E-state index < -0.39 is 54.6 Å². The summed E-state index contributed by atoms with van der Waals surface area (Å²) in [6.07, 6.45) is -3.28. The fourth-order valence-electron chi connectivity index (χ4n) is 3.56. The van der Waals surface area contributed by atoms with Crippen LogP contribution in [0.3, 0.4) is 0 Å². The van der Waals surface area contributed by atoms with Crippen molar-refractivity contribution in [3.8, 4) is 17.1 Å². The number of aromatic nitrogens is 2. The second-order valence-electron chi connectivity index (χ2n) is 7.78. The highest BCUT2D eigenvalue weighted by molar-refractivity contribution is 5.68. The molecule has 1 saturated heterocycles. The Morgan fingerprint density at radius 3 is 2.03 bits per heavy atom. The van der Waals surface area contributed by atoms with Gasteiger partial charge in [0, 0.05) is 46.2 Å². The molecule has 0 N–H and O–H groups in total. The molecule has 2 aromatic rings. The van der Waals surface area contributed by atoms with Crippen LogP contribution >= 0.6 is 0 Å². The molecule has 12 heteroatoms. The standard InChI is InChI=1S/C24H26N2O10/c1-13(27)31-12-20-21(32-14(2)28)22(33-15(3)29)23(34-16(4)30)24(36-20)35-17-8-10-26-19(11-17)18-7-5-6-9-25-18/h5-11,20-24H,12H2,1-4H3/t20-,21-,22+,23-,24-/m1/s1. The van der Waals surface area contributed by atoms with Crippen LogP contribution in [0, 0.1) is 0 Å². The van der Waals surface area contributed by atoms with Gasteiger partial charge in [-0.2, -0.15) is 0 Å². The number of rotatable bonds is 8. The molecule has 0 saturated carbocycles. The molecule has 192 valence electrons. The van der Waals surface area contributed by atoms with E-state index >= 15 is 0 Å². The number of carbonyl (C=O) groups excluding carboxylic acids is 4. The largest absolute Gasteiger partial charge is 0.463 e. The lowest BCUT2D eigenvalue weighted by Gasteiger charge is -2.43. The molecule has 3 heterocycles. The van der Waals surface area contributed by atoms with Crippen LogP contribution in [-0.4, -0.2) is 71.2 Å². The number of ether oxygens (including phenoxy) is 6. The minimum Gasteiger partial charge on any atom is -0.463 e. The third kappa shape index (κ3) is 7.22. The average molecular weight is 502 g/mol. The molecule has 36 heavy (non-hydrogen) atoms. The minimum absolute atomic E-state index is 0.270. The fraction of sp³-hybridized carbons (Fsp3) is 0.417. The first-order valence-corrected chi connectivity index (χ1v) is 11.0. The molecular weight excluding hydrogens is 476 g/mol. The Kier molecular flexibility index (Phi) is 8.90. The van der Waals surface area contributed by atoms with Crippen molar-refractivity contribution in [1.82, 2.24) is 9.97 Å². The van der Waals surface area contributed by atoms with Crippen LogP contribution in [-0.2, 0) is 42.9 Å². The molecule has 2 aromatic heterocycles. The second kappa shape index (κ2) is 12.1. The maximum Gasteiger partial charge on any atom is 0.303 e. The first kappa shape index (κ1) is 26.5. The van der Waals surface area contributed by atoms with Gasteiger partial charge in [-0.05, 0) is 18.2 Å². The molecule has 0 aliphatic carbocycles. The van der Waals surface area contributed by atoms with Crippen molar-refractivity contribution < 1.29 is 47.6 Å². The molecule has 5 atom stereocenters. The maximum absolute atomic E-state index is 11.9. The van der Waals surface area contributed by atoms with Crippen LogP contribution in [0.1, 0.15) is 27.7 Å². The molecule has 0 aromatic carbocycles. The number of hydrogen-bond donors (Lipinski definition) is 0. The SMILES string of the molecule is CC(=O)OC[C@H]1O[C@@H](Oc2ccnc(-c3ccccn3)c2)[C@H](OC(C)=O)[C@@H](OC(C)=O)[C@@H]1OC(C)=O. The minimum atomic E-state index is -1.34. The summed E-state index contributed by atoms with van der Waals surface area (Å²) in [6, 6.07) is 8.47. The van der Waals surface area contributed by atoms with Gasteiger partial charge in [0.15, 0.2) is 12.2 Å². The van der Waals surface area contributed by atoms with Crippen LogP contribution in [0.4, 0.5) is 0 Å². The highest BCUT2D eigenvalue weighted by atomic mass is 16.7. The van der Waals surface area contributed by atoms with Gasteiger partial charge in [-0.1, -0.05) is 6.07 Å². The summed E-state index contributed by atoms with van der Waals surface area (Å²) in [5.41, 5.74) is 1.09. The Bertz CT molecular complexity index is 1090. The van der Waals surface area contributed by atoms with E-state index in [0.717, 1.165) is 20.8 Å². The lowest BCUT2D eigenvalue weighted by Crippen LogP contribution is -2.63. The fourth-order valence-corrected chi connectivity index (χ4v) is 3.56. The Morgan fingerprint density at radius 1 is 0.778 bits per heavy atom. The van der Waals surface area contributed by atoms with Crippen LogP contribution in [0.5, 0.6) is 5.75 Å². The van der Waals surface area contributed by atoms with Crippen molar-refractivity contribution in [3.63, 3.8) is 0 Å². The van der Waals surface area contributed by atoms with Crippen molar-refractivity contribution in [2.24, 2.45) is 0 Å². The van der Waals surface area contributed by atoms with Gasteiger partial charge in [-0.25, -0.2) is 0 Å². The molecule has 1 fully saturated rings. The van der Waals surface area contributed by atoms with Gasteiger partial charge in [0.2, 0.25) is 12.4 Å². The highest BCUT2D eigenvalue weighted by Crippen LogP contribution is 2.31. The smallest absolute Gasteiger partial charge is 0.303 e. The van der Waals surface area contributed by atoms with E-state index in [-0.39, 0.29) is 12.4 Å². The van der Waals surface area contributed by atoms with Crippen LogP contribution in [0.2, 0.25) is 0 Å². The third-order valence-corrected chi connectivity index (χ3v) is 4.86. The van der Waals surface area contributed by atoms with Crippen LogP contribution < -0.4 is 4.74 Å². The van der Waals surface area contributed by atoms with Crippen LogP contribution in [0.15, 0.2) is 42.7 Å². The molecule has 0 bridgehead atoms. The molecule has 0 amide bonds. The predicted octanol–water partition coefficient (Wildman–Crippen LogP) is 1.61. The zero-order valence-electron chi connectivity index (χ0n) is 20.1. The van der Waals surface area contributed by atoms with Crippen molar-refractivity contribution >= 4 is 23.9 Å². The number of pyridine rings is 2. The normalized spacial score (nSPS) is 23.2. The maximum atomic E-state index is 11.9. The third-order valence-electron chi connectivity index (χ3n) is 4.86. The van der Waals surface area contributed by atoms with Gasteiger partial charge in [-0.15, -0.1) is 0 Å². The predicted molar refractivity (Wildman–Crippen MR) is 120 cm³/mol. The summed E-state index contributed by atoms with van der Waals surface area (Å²) < 4.78 is 33.1. The number of esters is 4. The van der Waals surface area contributed by atoms with Gasteiger partial charge < -0.3 is 28.4 Å². The zero-order chi connectivity index (χ0) is 26.2. The lowest BCUT2D eigenvalue weighted by atomic mass is 9.98. The Labute approximate surface area is 206 Å². The van der Waals surface area contributed by atoms with Gasteiger partial charge in [0.1, 0.15) is 18.5 Å². The Morgan fingerprint density at radius 2 is 1.42 bits per heavy atom. The van der Waals surface area contributed by atoms with E-state index in [9.17, 15) is 19.2 Å². The molecule has 3 rings (SSSR count). The first-order chi connectivity index (χ1) is 17.1. The van der Waals surface area contributed by atoms with E-state index in [1.807, 2.05) is 0 Å². The topological polar surface area (TPSA) is 149 Å². The summed E-state index contributed by atoms with van der Waals surface area (Å²) in [5.74, 6) is -2.52. The van der Waals surface area contributed by atoms with Crippen molar-refractivity contribution in [3.05, 3.63) is 42.7 Å². The lowest BCUT2D eigenvalue weighted by molar-refractivity contribution is -0.288. The van der Waals surface area contributed by atoms with Crippen molar-refractivity contribution in [2.45, 2.75) is 58.4 Å². The Balaban J connectivity index is 1.97. The van der Waals surface area contributed by atoms with E-state index in [0.29, 0.717) is 11.4 Å². The van der Waals surface area contributed by atoms with E-state index in [1.165, 1.54) is 13.1 Å². The Hall–Kier alpha value is -4.06. The highest BCUT2D eigenvalue weighted by Gasteiger charge is 2.53. The van der Waals surface area contributed by atoms with Gasteiger partial charge in [0.25, 0.3) is 0 Å². The van der Waals surface area contributed by atoms with Gasteiger partial charge in [0.05, 0.1) is 11.4 Å². The summed E-state index contributed by atoms with van der Waals surface area (Å²) in [6.45, 7) is 4.28. The molecule has 0 spiro atoms. The van der Waals surface area contributed by atoms with Crippen molar-refractivity contribution in [2.75, 3.05) is 6.61 Å². The molecular formula is C24H26N2O10. The second-order valence-corrected chi connectivity index (χ2v) is 7.78. The molecule has 0 radical (unpaired) electrons. The quantitative estimate of drug-likeness (QED) is 0.381. The average Bonchev–Trinajstić information content (AvgIpc) is 2.81. The van der Waals surface area contributed by atoms with E-state index in [2.05, 4.69) is 9.97 Å². The van der Waals surface area contributed by atoms with Gasteiger partial charge >= 0.3 is 23.9 Å². The van der Waals surface area contributed by atoms with Crippen molar-refractivity contribution in [1.29, 1.82) is 0 Å². The summed E-state index contributed by atoms with van der Waals surface area (Å²) in [7, 11) is 0. The number of nitrogens with zero attached hydrogens (tertiary/aromatic N) is 2.